The second-order valence-corrected chi connectivity index (χ2v) is 43.1. The highest BCUT2D eigenvalue weighted by Gasteiger charge is 2.57. The number of rotatable bonds is 2. The van der Waals surface area contributed by atoms with Crippen molar-refractivity contribution in [1.82, 2.24) is 0 Å². The first-order valence-corrected chi connectivity index (χ1v) is 40.1. The van der Waals surface area contributed by atoms with Gasteiger partial charge in [0.2, 0.25) is 0 Å². The first-order chi connectivity index (χ1) is 53.4. The molecule has 6 heterocycles. The summed E-state index contributed by atoms with van der Waals surface area (Å²) in [5.41, 5.74) is 2.65. The number of hydrogen-bond donors (Lipinski definition) is 0. The maximum Gasteiger partial charge on any atom is 0.269 e. The van der Waals surface area contributed by atoms with Crippen molar-refractivity contribution in [3.63, 3.8) is 0 Å². The number of ether oxygens (including phenoxy) is 2. The van der Waals surface area contributed by atoms with E-state index < -0.39 is 78.4 Å². The van der Waals surface area contributed by atoms with Crippen molar-refractivity contribution in [3.05, 3.63) is 151 Å². The summed E-state index contributed by atoms with van der Waals surface area (Å²) >= 11 is 2.71. The number of nitrogens with zero attached hydrogens (tertiary/aromatic N) is 2. The molecule has 0 saturated heterocycles. The van der Waals surface area contributed by atoms with Gasteiger partial charge in [-0.15, -0.1) is 22.7 Å². The molecule has 9 aromatic rings. The van der Waals surface area contributed by atoms with E-state index >= 15 is 0 Å². The van der Waals surface area contributed by atoms with Gasteiger partial charge in [-0.05, 0) is 280 Å². The Bertz CT molecular complexity index is 5800. The van der Waals surface area contributed by atoms with Crippen LogP contribution in [0.5, 0.6) is 23.0 Å². The fourth-order valence-electron chi connectivity index (χ4n) is 20.3. The van der Waals surface area contributed by atoms with Crippen molar-refractivity contribution in [2.24, 2.45) is 0 Å². The monoisotopic (exact) mass is 1400 g/mol. The molecule has 0 saturated carbocycles. The molecule has 0 radical (unpaired) electrons. The lowest BCUT2D eigenvalue weighted by Gasteiger charge is -2.49. The van der Waals surface area contributed by atoms with Crippen molar-refractivity contribution in [2.75, 3.05) is 9.80 Å². The van der Waals surface area contributed by atoms with Crippen molar-refractivity contribution in [2.45, 2.75) is 308 Å². The van der Waals surface area contributed by atoms with Crippen LogP contribution in [-0.2, 0) is 65.0 Å². The number of benzene rings is 7. The molecule has 19 rings (SSSR count). The highest BCUT2D eigenvalue weighted by atomic mass is 32.1. The van der Waals surface area contributed by atoms with Gasteiger partial charge in [0.1, 0.15) is 23.0 Å². The first-order valence-electron chi connectivity index (χ1n) is 45.4. The summed E-state index contributed by atoms with van der Waals surface area (Å²) in [5.74, 6) is 0.780. The van der Waals surface area contributed by atoms with E-state index in [9.17, 15) is 19.2 Å². The van der Waals surface area contributed by atoms with Crippen LogP contribution >= 0.6 is 22.7 Å². The molecule has 0 bridgehead atoms. The lowest BCUT2D eigenvalue weighted by molar-refractivity contribution is 0.332. The third-order valence-corrected chi connectivity index (χ3v) is 30.4. The largest absolute Gasteiger partial charge is 0.455 e. The Balaban J connectivity index is 1.12. The average Bonchev–Trinajstić information content (AvgIpc) is 1.36. The third-order valence-electron chi connectivity index (χ3n) is 28.1. The summed E-state index contributed by atoms with van der Waals surface area (Å²) in [6.07, 6.45) is 8.37. The van der Waals surface area contributed by atoms with Gasteiger partial charge in [-0.1, -0.05) is 190 Å². The minimum absolute atomic E-state index is 0.00525. The highest BCUT2D eigenvalue weighted by Crippen LogP contribution is 2.62. The standard InChI is InChI=1S/C94H110B2N2O2S2/c1-83(2)29-31-85(5,6)57-41-51(25-27-55(57)83)97-69-47-63-61(89(13,14)35-37-91(63,17)18)45-67(69)95-73-75(97)79-74-76(80(73)100-78-54-44-60-66(50-72(54)101-81(78)95)94(23,24)40-34-88(60,11)12)98(52-26-28-56-58(42-52)86(7,8)32-30-84(56,3)4)70-48-64-62(90(15,16)36-38-92(64,19)20)46-68(70)96(74)82-77(99-79)53-43-59-65(49-71(53)102-82)93(21,22)39-33-87(59,9)10/h25-28,41-50H,29-40H2,1-24H3/i25D,26D,27D,28D,41D,42D,43D,44D,45D,46D,47D,48D,49D,50D. The van der Waals surface area contributed by atoms with Crippen LogP contribution in [-0.4, -0.2) is 13.4 Å². The Kier molecular flexibility index (Phi) is 10.4. The minimum Gasteiger partial charge on any atom is -0.455 e. The summed E-state index contributed by atoms with van der Waals surface area (Å²) in [6, 6.07) is 0.692. The van der Waals surface area contributed by atoms with E-state index in [1.807, 2.05) is 9.80 Å². The van der Waals surface area contributed by atoms with Crippen LogP contribution in [0.25, 0.3) is 20.2 Å². The van der Waals surface area contributed by atoms with Crippen molar-refractivity contribution < 1.29 is 28.7 Å². The van der Waals surface area contributed by atoms with Gasteiger partial charge in [-0.25, -0.2) is 0 Å². The molecule has 102 heavy (non-hydrogen) atoms. The Labute approximate surface area is 639 Å². The molecule has 0 spiro atoms. The minimum atomic E-state index is -1.17. The molecule has 7 aromatic carbocycles. The molecule has 8 heteroatoms. The molecular formula is C94H110B2N2O2S2. The molecule has 0 unspecified atom stereocenters. The van der Waals surface area contributed by atoms with E-state index in [-0.39, 0.29) is 142 Å². The smallest absolute Gasteiger partial charge is 0.269 e. The van der Waals surface area contributed by atoms with E-state index in [2.05, 4.69) is 166 Å². The number of fused-ring (bicyclic) bond motifs is 20. The Morgan fingerprint density at radius 3 is 0.833 bits per heavy atom. The van der Waals surface area contributed by atoms with E-state index in [0.717, 1.165) is 47.9 Å². The predicted molar refractivity (Wildman–Crippen MR) is 441 cm³/mol. The third kappa shape index (κ3) is 8.87. The normalized spacial score (nSPS) is 25.4. The van der Waals surface area contributed by atoms with Crippen LogP contribution in [0.1, 0.15) is 329 Å². The summed E-state index contributed by atoms with van der Waals surface area (Å²) in [5, 5.41) is 0.810. The lowest BCUT2D eigenvalue weighted by atomic mass is 9.33. The van der Waals surface area contributed by atoms with Gasteiger partial charge in [0.15, 0.2) is 0 Å². The SMILES string of the molecule is [2H]c1c([2H])c2c(c([2H])c1N1c3c([2H])c4c(c([2H])c3B3c5sc6c([2H])c7c(c([2H])c6c5Oc5c3c1c1c3c5N(c5c([2H])c([2H])c6c(c5[2H])C(C)(C)CCC6(C)C)c5c([2H])c6c(c([2H])c5B3c3sc5c([2H])c8c(c([2H])c5c3O1)C(C)(C)CCC8(C)C)C(C)(C)CCC6(C)C)C(C)(C)CCC7(C)C)C(C)(C)CCC4(C)C)C(C)(C)CCC2(C)C. The van der Waals surface area contributed by atoms with Gasteiger partial charge >= 0.3 is 0 Å². The zero-order chi connectivity index (χ0) is 84.2. The molecule has 0 fully saturated rings. The van der Waals surface area contributed by atoms with Crippen LogP contribution in [0.15, 0.2) is 84.6 Å². The van der Waals surface area contributed by atoms with Crippen molar-refractivity contribution >= 4 is 122 Å². The molecule has 2 aromatic heterocycles. The maximum absolute atomic E-state index is 11.7. The van der Waals surface area contributed by atoms with Gasteiger partial charge in [0, 0.05) is 63.4 Å². The average molecular weight is 1400 g/mol. The zero-order valence-corrected chi connectivity index (χ0v) is 66.8. The lowest BCUT2D eigenvalue weighted by Crippen LogP contribution is -2.63. The summed E-state index contributed by atoms with van der Waals surface area (Å²) in [4.78, 5) is 3.68. The van der Waals surface area contributed by atoms with E-state index in [0.29, 0.717) is 147 Å². The molecule has 6 aliphatic carbocycles. The molecule has 526 valence electrons. The Morgan fingerprint density at radius 2 is 0.539 bits per heavy atom. The number of anilines is 6. The van der Waals surface area contributed by atoms with Crippen LogP contribution in [0.2, 0.25) is 0 Å². The van der Waals surface area contributed by atoms with Crippen molar-refractivity contribution in [3.8, 4) is 23.0 Å². The molecular weight excluding hydrogens is 1270 g/mol. The maximum atomic E-state index is 11.7. The van der Waals surface area contributed by atoms with Crippen molar-refractivity contribution in [1.29, 1.82) is 0 Å². The summed E-state index contributed by atoms with van der Waals surface area (Å²) in [6.45, 7) is 49.0. The number of hydrogen-bond acceptors (Lipinski definition) is 6. The Morgan fingerprint density at radius 1 is 0.294 bits per heavy atom. The summed E-state index contributed by atoms with van der Waals surface area (Å²) < 4.78 is 176. The van der Waals surface area contributed by atoms with Crippen LogP contribution < -0.4 is 50.7 Å². The first kappa shape index (κ1) is 52.7. The van der Waals surface area contributed by atoms with Crippen LogP contribution in [0.4, 0.5) is 34.1 Å². The predicted octanol–water partition coefficient (Wildman–Crippen LogP) is 23.0. The van der Waals surface area contributed by atoms with Crippen LogP contribution in [0.3, 0.4) is 0 Å². The quantitative estimate of drug-likeness (QED) is 0.161. The van der Waals surface area contributed by atoms with E-state index in [4.69, 9.17) is 9.47 Å². The molecule has 0 amide bonds. The molecule has 4 aliphatic heterocycles. The fraction of sp³-hybridized carbons (Fsp3) is 0.511. The highest BCUT2D eigenvalue weighted by molar-refractivity contribution is 7.34. The Hall–Kier alpha value is -6.21. The molecule has 10 aliphatic rings. The van der Waals surface area contributed by atoms with Gasteiger partial charge in [-0.2, -0.15) is 0 Å². The number of thiophene rings is 2. The van der Waals surface area contributed by atoms with Gasteiger partial charge in [0.05, 0.1) is 30.6 Å². The fourth-order valence-corrected chi connectivity index (χ4v) is 22.7. The molecule has 0 N–H and O–H groups in total. The second kappa shape index (κ2) is 20.1. The van der Waals surface area contributed by atoms with Gasteiger partial charge in [-0.3, -0.25) is 0 Å². The van der Waals surface area contributed by atoms with Crippen LogP contribution in [0, 0.1) is 0 Å². The van der Waals surface area contributed by atoms with Gasteiger partial charge < -0.3 is 19.3 Å². The molecule has 0 atom stereocenters. The summed E-state index contributed by atoms with van der Waals surface area (Å²) in [7, 11) is 0. The van der Waals surface area contributed by atoms with E-state index in [1.165, 1.54) is 22.7 Å². The van der Waals surface area contributed by atoms with E-state index in [1.54, 1.807) is 0 Å². The zero-order valence-electron chi connectivity index (χ0n) is 79.2. The topological polar surface area (TPSA) is 24.9 Å². The molecule has 4 nitrogen and oxygen atoms in total. The second-order valence-electron chi connectivity index (χ2n) is 41.0. The van der Waals surface area contributed by atoms with Gasteiger partial charge in [0.25, 0.3) is 13.4 Å².